The Morgan fingerprint density at radius 1 is 1.12 bits per heavy atom. The molecule has 2 atom stereocenters. The first-order valence-electron chi connectivity index (χ1n) is 5.70. The van der Waals surface area contributed by atoms with E-state index in [-0.39, 0.29) is 5.41 Å². The molecule has 1 aromatic rings. The molecule has 16 heavy (non-hydrogen) atoms. The van der Waals surface area contributed by atoms with Crippen LogP contribution in [0.25, 0.3) is 0 Å². The summed E-state index contributed by atoms with van der Waals surface area (Å²) >= 11 is 0. The molecule has 0 aromatic heterocycles. The average Bonchev–Trinajstić information content (AvgIpc) is 2.15. The minimum atomic E-state index is -0.803. The summed E-state index contributed by atoms with van der Waals surface area (Å²) in [4.78, 5) is 0. The molecule has 0 aliphatic rings. The Hall–Kier alpha value is -0.860. The topological polar surface area (TPSA) is 40.5 Å². The molecule has 1 aromatic carbocycles. The number of hydrogen-bond acceptors (Lipinski definition) is 2. The van der Waals surface area contributed by atoms with Crippen LogP contribution in [-0.2, 0) is 5.41 Å². The molecule has 0 spiro atoms. The third-order valence-corrected chi connectivity index (χ3v) is 2.92. The van der Waals surface area contributed by atoms with Crippen molar-refractivity contribution in [2.45, 2.75) is 52.2 Å². The zero-order valence-electron chi connectivity index (χ0n) is 10.8. The van der Waals surface area contributed by atoms with Crippen LogP contribution in [0.5, 0.6) is 0 Å². The molecule has 90 valence electrons. The molecule has 2 heteroatoms. The second-order valence-corrected chi connectivity index (χ2v) is 5.51. The van der Waals surface area contributed by atoms with Gasteiger partial charge in [0, 0.05) is 0 Å². The molecular formula is C14H22O2. The van der Waals surface area contributed by atoms with Crippen molar-refractivity contribution < 1.29 is 10.2 Å². The van der Waals surface area contributed by atoms with Crippen molar-refractivity contribution in [2.75, 3.05) is 0 Å². The fourth-order valence-electron chi connectivity index (χ4n) is 1.69. The van der Waals surface area contributed by atoms with Gasteiger partial charge in [0.25, 0.3) is 0 Å². The van der Waals surface area contributed by atoms with Gasteiger partial charge in [0.1, 0.15) is 6.10 Å². The van der Waals surface area contributed by atoms with E-state index in [0.29, 0.717) is 0 Å². The van der Waals surface area contributed by atoms with E-state index in [9.17, 15) is 10.2 Å². The molecule has 0 heterocycles. The number of benzene rings is 1. The first kappa shape index (κ1) is 13.2. The van der Waals surface area contributed by atoms with Crippen molar-refractivity contribution in [3.8, 4) is 0 Å². The van der Waals surface area contributed by atoms with Crippen molar-refractivity contribution in [2.24, 2.45) is 0 Å². The van der Waals surface area contributed by atoms with E-state index >= 15 is 0 Å². The maximum atomic E-state index is 9.92. The van der Waals surface area contributed by atoms with Crippen LogP contribution in [0.1, 0.15) is 50.5 Å². The Labute approximate surface area is 97.9 Å². The lowest BCUT2D eigenvalue weighted by molar-refractivity contribution is 0.0300. The minimum Gasteiger partial charge on any atom is -0.390 e. The standard InChI is InChI=1S/C14H22O2/c1-9-6-7-11(14(3,4)5)8-12(9)13(16)10(2)15/h6-8,10,13,15-16H,1-5H3. The summed E-state index contributed by atoms with van der Waals surface area (Å²) < 4.78 is 0. The number of hydrogen-bond donors (Lipinski definition) is 2. The van der Waals surface area contributed by atoms with E-state index in [1.807, 2.05) is 19.1 Å². The summed E-state index contributed by atoms with van der Waals surface area (Å²) in [6.45, 7) is 9.96. The molecule has 2 unspecified atom stereocenters. The Morgan fingerprint density at radius 3 is 2.12 bits per heavy atom. The molecule has 0 saturated carbocycles. The van der Waals surface area contributed by atoms with Gasteiger partial charge in [0.15, 0.2) is 0 Å². The van der Waals surface area contributed by atoms with Gasteiger partial charge in [-0.25, -0.2) is 0 Å². The summed E-state index contributed by atoms with van der Waals surface area (Å²) in [6, 6.07) is 6.07. The van der Waals surface area contributed by atoms with Gasteiger partial charge in [-0.3, -0.25) is 0 Å². The Balaban J connectivity index is 3.19. The highest BCUT2D eigenvalue weighted by Crippen LogP contribution is 2.28. The molecule has 0 saturated heterocycles. The first-order chi connectivity index (χ1) is 7.23. The Kier molecular flexibility index (Phi) is 3.76. The zero-order chi connectivity index (χ0) is 12.5. The van der Waals surface area contributed by atoms with E-state index in [4.69, 9.17) is 0 Å². The molecule has 0 radical (unpaired) electrons. The van der Waals surface area contributed by atoms with Gasteiger partial charge in [-0.2, -0.15) is 0 Å². The Morgan fingerprint density at radius 2 is 1.69 bits per heavy atom. The second kappa shape index (κ2) is 4.56. The van der Waals surface area contributed by atoms with Gasteiger partial charge in [-0.15, -0.1) is 0 Å². The predicted octanol–water partition coefficient (Wildman–Crippen LogP) is 2.71. The number of aliphatic hydroxyl groups excluding tert-OH is 2. The van der Waals surface area contributed by atoms with Crippen LogP contribution in [0.3, 0.4) is 0 Å². The van der Waals surface area contributed by atoms with Crippen molar-refractivity contribution in [3.05, 3.63) is 34.9 Å². The van der Waals surface area contributed by atoms with Gasteiger partial charge in [-0.05, 0) is 36.0 Å². The van der Waals surface area contributed by atoms with Gasteiger partial charge in [-0.1, -0.05) is 39.0 Å². The molecule has 0 bridgehead atoms. The summed E-state index contributed by atoms with van der Waals surface area (Å²) in [7, 11) is 0. The fraction of sp³-hybridized carbons (Fsp3) is 0.571. The number of aliphatic hydroxyl groups is 2. The van der Waals surface area contributed by atoms with Crippen LogP contribution >= 0.6 is 0 Å². The van der Waals surface area contributed by atoms with Crippen LogP contribution in [0, 0.1) is 6.92 Å². The first-order valence-corrected chi connectivity index (χ1v) is 5.70. The molecular weight excluding hydrogens is 200 g/mol. The molecule has 1 rings (SSSR count). The highest BCUT2D eigenvalue weighted by molar-refractivity contribution is 5.36. The molecule has 2 nitrogen and oxygen atoms in total. The van der Waals surface area contributed by atoms with E-state index in [1.165, 1.54) is 5.56 Å². The van der Waals surface area contributed by atoms with Crippen molar-refractivity contribution >= 4 is 0 Å². The van der Waals surface area contributed by atoms with E-state index < -0.39 is 12.2 Å². The van der Waals surface area contributed by atoms with Crippen LogP contribution in [-0.4, -0.2) is 16.3 Å². The van der Waals surface area contributed by atoms with Crippen LogP contribution in [0.4, 0.5) is 0 Å². The van der Waals surface area contributed by atoms with Gasteiger partial charge >= 0.3 is 0 Å². The second-order valence-electron chi connectivity index (χ2n) is 5.51. The highest BCUT2D eigenvalue weighted by Gasteiger charge is 2.20. The SMILES string of the molecule is Cc1ccc(C(C)(C)C)cc1C(O)C(C)O. The summed E-state index contributed by atoms with van der Waals surface area (Å²) in [5.74, 6) is 0. The third-order valence-electron chi connectivity index (χ3n) is 2.92. The van der Waals surface area contributed by atoms with Crippen LogP contribution in [0.2, 0.25) is 0 Å². The third kappa shape index (κ3) is 2.83. The van der Waals surface area contributed by atoms with E-state index in [1.54, 1.807) is 6.92 Å². The molecule has 0 amide bonds. The monoisotopic (exact) mass is 222 g/mol. The zero-order valence-corrected chi connectivity index (χ0v) is 10.8. The summed E-state index contributed by atoms with van der Waals surface area (Å²) in [5.41, 5.74) is 3.07. The summed E-state index contributed by atoms with van der Waals surface area (Å²) in [5, 5.41) is 19.4. The maximum absolute atomic E-state index is 9.92. The number of rotatable bonds is 2. The lowest BCUT2D eigenvalue weighted by Crippen LogP contribution is -2.17. The molecule has 0 fully saturated rings. The molecule has 0 aliphatic carbocycles. The molecule has 2 N–H and O–H groups in total. The van der Waals surface area contributed by atoms with Crippen LogP contribution in [0.15, 0.2) is 18.2 Å². The fourth-order valence-corrected chi connectivity index (χ4v) is 1.69. The predicted molar refractivity (Wildman–Crippen MR) is 66.5 cm³/mol. The smallest absolute Gasteiger partial charge is 0.105 e. The lowest BCUT2D eigenvalue weighted by Gasteiger charge is -2.23. The van der Waals surface area contributed by atoms with E-state index in [0.717, 1.165) is 11.1 Å². The van der Waals surface area contributed by atoms with Gasteiger partial charge < -0.3 is 10.2 Å². The normalized spacial score (nSPS) is 15.9. The largest absolute Gasteiger partial charge is 0.390 e. The minimum absolute atomic E-state index is 0.0564. The molecule has 0 aliphatic heterocycles. The van der Waals surface area contributed by atoms with Crippen LogP contribution < -0.4 is 0 Å². The van der Waals surface area contributed by atoms with Crippen molar-refractivity contribution in [1.29, 1.82) is 0 Å². The van der Waals surface area contributed by atoms with E-state index in [2.05, 4.69) is 26.8 Å². The maximum Gasteiger partial charge on any atom is 0.105 e. The Bertz CT molecular complexity index is 361. The summed E-state index contributed by atoms with van der Waals surface area (Å²) in [6.07, 6.45) is -1.55. The quantitative estimate of drug-likeness (QED) is 0.807. The lowest BCUT2D eigenvalue weighted by atomic mass is 9.84. The van der Waals surface area contributed by atoms with Crippen molar-refractivity contribution in [1.82, 2.24) is 0 Å². The van der Waals surface area contributed by atoms with Gasteiger partial charge in [0.2, 0.25) is 0 Å². The van der Waals surface area contributed by atoms with Gasteiger partial charge in [0.05, 0.1) is 6.10 Å². The van der Waals surface area contributed by atoms with Crippen molar-refractivity contribution in [3.63, 3.8) is 0 Å². The number of aryl methyl sites for hydroxylation is 1. The highest BCUT2D eigenvalue weighted by atomic mass is 16.3. The average molecular weight is 222 g/mol.